The molecule has 4 rings (SSSR count). The van der Waals surface area contributed by atoms with Crippen LogP contribution < -0.4 is 4.74 Å². The van der Waals surface area contributed by atoms with Crippen molar-refractivity contribution in [2.24, 2.45) is 4.99 Å². The Balaban J connectivity index is 1.59. The molecule has 0 radical (unpaired) electrons. The van der Waals surface area contributed by atoms with Crippen molar-refractivity contribution in [3.05, 3.63) is 100 Å². The number of benzene rings is 3. The minimum atomic E-state index is -1.04. The normalized spacial score (nSPS) is 15.8. The predicted octanol–water partition coefficient (Wildman–Crippen LogP) is 5.73. The van der Waals surface area contributed by atoms with Crippen molar-refractivity contribution in [2.45, 2.75) is 13.5 Å². The van der Waals surface area contributed by atoms with E-state index in [-0.39, 0.29) is 23.9 Å². The zero-order valence-electron chi connectivity index (χ0n) is 18.3. The number of amides is 1. The zero-order valence-corrected chi connectivity index (χ0v) is 19.1. The number of ether oxygens (including phenoxy) is 1. The van der Waals surface area contributed by atoms with E-state index in [1.165, 1.54) is 36.0 Å². The third-order valence-electron chi connectivity index (χ3n) is 5.01. The molecule has 1 fully saturated rings. The largest absolute Gasteiger partial charge is 0.488 e. The fraction of sp³-hybridized carbons (Fsp3) is 0.115. The molecule has 34 heavy (non-hydrogen) atoms. The Hall–Kier alpha value is -3.91. The van der Waals surface area contributed by atoms with Gasteiger partial charge < -0.3 is 9.84 Å². The second-order valence-electron chi connectivity index (χ2n) is 7.37. The van der Waals surface area contributed by atoms with Crippen LogP contribution in [0.25, 0.3) is 6.08 Å². The van der Waals surface area contributed by atoms with E-state index in [2.05, 4.69) is 4.99 Å². The number of thioether (sulfide) groups is 1. The van der Waals surface area contributed by atoms with Crippen molar-refractivity contribution < 1.29 is 23.8 Å². The number of likely N-dealkylation sites (N-methyl/N-ethyl adjacent to an activating group) is 1. The van der Waals surface area contributed by atoms with Crippen molar-refractivity contribution >= 4 is 40.6 Å². The summed E-state index contributed by atoms with van der Waals surface area (Å²) >= 11 is 1.22. The van der Waals surface area contributed by atoms with E-state index in [9.17, 15) is 19.1 Å². The van der Waals surface area contributed by atoms with Crippen molar-refractivity contribution in [3.63, 3.8) is 0 Å². The number of carbonyl (C=O) groups is 2. The highest BCUT2D eigenvalue weighted by atomic mass is 32.2. The molecule has 1 aliphatic heterocycles. The molecule has 3 aromatic rings. The van der Waals surface area contributed by atoms with Crippen LogP contribution in [0.1, 0.15) is 28.4 Å². The lowest BCUT2D eigenvalue weighted by atomic mass is 10.1. The van der Waals surface area contributed by atoms with Gasteiger partial charge in [0.15, 0.2) is 5.17 Å². The summed E-state index contributed by atoms with van der Waals surface area (Å²) in [5.74, 6) is -0.999. The third-order valence-corrected chi connectivity index (χ3v) is 6.02. The van der Waals surface area contributed by atoms with Crippen LogP contribution >= 0.6 is 11.8 Å². The first-order chi connectivity index (χ1) is 16.4. The number of carbonyl (C=O) groups excluding carboxylic acids is 1. The lowest BCUT2D eigenvalue weighted by molar-refractivity contribution is -0.122. The fourth-order valence-electron chi connectivity index (χ4n) is 3.35. The van der Waals surface area contributed by atoms with E-state index < -0.39 is 5.97 Å². The Bertz CT molecular complexity index is 1310. The topological polar surface area (TPSA) is 79.2 Å². The van der Waals surface area contributed by atoms with Crippen LogP contribution in [0.15, 0.2) is 82.7 Å². The molecular formula is C26H21FN2O4S. The van der Waals surface area contributed by atoms with E-state index in [0.29, 0.717) is 39.2 Å². The van der Waals surface area contributed by atoms with Gasteiger partial charge in [-0.1, -0.05) is 36.4 Å². The summed E-state index contributed by atoms with van der Waals surface area (Å²) in [6.45, 7) is 2.45. The third kappa shape index (κ3) is 5.35. The molecule has 0 spiro atoms. The molecule has 1 aliphatic rings. The number of hydrogen-bond acceptors (Lipinski definition) is 5. The molecule has 8 heteroatoms. The number of carboxylic acid groups (broad SMARTS) is 1. The van der Waals surface area contributed by atoms with Crippen LogP contribution in [0.2, 0.25) is 0 Å². The molecule has 0 saturated carbocycles. The Kier molecular flexibility index (Phi) is 7.08. The van der Waals surface area contributed by atoms with Gasteiger partial charge in [0.2, 0.25) is 0 Å². The number of amidine groups is 1. The first kappa shape index (κ1) is 23.3. The lowest BCUT2D eigenvalue weighted by Gasteiger charge is -2.12. The minimum absolute atomic E-state index is 0.124. The van der Waals surface area contributed by atoms with E-state index >= 15 is 0 Å². The van der Waals surface area contributed by atoms with Crippen molar-refractivity contribution in [1.29, 1.82) is 0 Å². The Morgan fingerprint density at radius 2 is 1.91 bits per heavy atom. The molecule has 1 heterocycles. The summed E-state index contributed by atoms with van der Waals surface area (Å²) in [6.07, 6.45) is 1.74. The van der Waals surface area contributed by atoms with Gasteiger partial charge in [-0.2, -0.15) is 0 Å². The standard InChI is InChI=1S/C26H21FN2O4S/c1-2-29-24(30)23(34-26(29)28-21-11-6-9-19(14-21)25(31)32)15-18-8-3-4-12-22(18)33-16-17-7-5-10-20(27)13-17/h3-15H,2,16H2,1H3,(H,31,32). The molecule has 0 bridgehead atoms. The maximum absolute atomic E-state index is 13.5. The molecule has 6 nitrogen and oxygen atoms in total. The average Bonchev–Trinajstić information content (AvgIpc) is 3.12. The molecule has 0 aromatic heterocycles. The summed E-state index contributed by atoms with van der Waals surface area (Å²) in [5.41, 5.74) is 1.98. The van der Waals surface area contributed by atoms with Crippen LogP contribution in [0, 0.1) is 5.82 Å². The van der Waals surface area contributed by atoms with Crippen LogP contribution in [0.3, 0.4) is 0 Å². The average molecular weight is 477 g/mol. The van der Waals surface area contributed by atoms with Gasteiger partial charge in [0.25, 0.3) is 5.91 Å². The van der Waals surface area contributed by atoms with Gasteiger partial charge in [-0.3, -0.25) is 9.69 Å². The summed E-state index contributed by atoms with van der Waals surface area (Å²) < 4.78 is 19.4. The Morgan fingerprint density at radius 3 is 2.68 bits per heavy atom. The van der Waals surface area contributed by atoms with Crippen LogP contribution in [-0.2, 0) is 11.4 Å². The van der Waals surface area contributed by atoms with Gasteiger partial charge in [-0.15, -0.1) is 0 Å². The summed E-state index contributed by atoms with van der Waals surface area (Å²) in [5, 5.41) is 9.69. The maximum Gasteiger partial charge on any atom is 0.335 e. The first-order valence-electron chi connectivity index (χ1n) is 10.5. The Labute approximate surface area is 200 Å². The number of nitrogens with zero attached hydrogens (tertiary/aromatic N) is 2. The number of halogens is 1. The molecule has 172 valence electrons. The van der Waals surface area contributed by atoms with Gasteiger partial charge in [0.1, 0.15) is 18.2 Å². The molecule has 0 atom stereocenters. The number of para-hydroxylation sites is 1. The lowest BCUT2D eigenvalue weighted by Crippen LogP contribution is -2.28. The zero-order chi connectivity index (χ0) is 24.1. The minimum Gasteiger partial charge on any atom is -0.488 e. The number of carboxylic acids is 1. The highest BCUT2D eigenvalue weighted by Crippen LogP contribution is 2.35. The van der Waals surface area contributed by atoms with Gasteiger partial charge in [0.05, 0.1) is 16.2 Å². The molecule has 1 amide bonds. The van der Waals surface area contributed by atoms with Crippen molar-refractivity contribution in [2.75, 3.05) is 6.54 Å². The van der Waals surface area contributed by atoms with Crippen molar-refractivity contribution in [3.8, 4) is 5.75 Å². The SMILES string of the molecule is CCN1C(=O)C(=Cc2ccccc2OCc2cccc(F)c2)SC1=Nc1cccc(C(=O)O)c1. The number of aliphatic imine (C=N–C) groups is 1. The van der Waals surface area contributed by atoms with Gasteiger partial charge >= 0.3 is 5.97 Å². The quantitative estimate of drug-likeness (QED) is 0.441. The van der Waals surface area contributed by atoms with Gasteiger partial charge in [0, 0.05) is 12.1 Å². The summed E-state index contributed by atoms with van der Waals surface area (Å²) in [7, 11) is 0. The monoisotopic (exact) mass is 476 g/mol. The van der Waals surface area contributed by atoms with Gasteiger partial charge in [-0.05, 0) is 66.7 Å². The molecule has 1 saturated heterocycles. The predicted molar refractivity (Wildman–Crippen MR) is 131 cm³/mol. The smallest absolute Gasteiger partial charge is 0.335 e. The number of hydrogen-bond donors (Lipinski definition) is 1. The number of rotatable bonds is 7. The van der Waals surface area contributed by atoms with Crippen LogP contribution in [0.5, 0.6) is 5.75 Å². The summed E-state index contributed by atoms with van der Waals surface area (Å²) in [4.78, 5) is 30.8. The van der Waals surface area contributed by atoms with Crippen molar-refractivity contribution in [1.82, 2.24) is 4.90 Å². The second-order valence-corrected chi connectivity index (χ2v) is 8.38. The molecule has 1 N–H and O–H groups in total. The van der Waals surface area contributed by atoms with E-state index in [0.717, 1.165) is 0 Å². The first-order valence-corrected chi connectivity index (χ1v) is 11.4. The van der Waals surface area contributed by atoms with E-state index in [4.69, 9.17) is 4.74 Å². The highest BCUT2D eigenvalue weighted by molar-refractivity contribution is 8.18. The molecule has 0 aliphatic carbocycles. The molecule has 3 aromatic carbocycles. The fourth-order valence-corrected chi connectivity index (χ4v) is 4.40. The summed E-state index contributed by atoms with van der Waals surface area (Å²) in [6, 6.07) is 19.8. The molecule has 0 unspecified atom stereocenters. The number of aromatic carboxylic acids is 1. The maximum atomic E-state index is 13.5. The van der Waals surface area contributed by atoms with Crippen LogP contribution in [-0.4, -0.2) is 33.6 Å². The van der Waals surface area contributed by atoms with Gasteiger partial charge in [-0.25, -0.2) is 14.2 Å². The second kappa shape index (κ2) is 10.4. The Morgan fingerprint density at radius 1 is 1.12 bits per heavy atom. The van der Waals surface area contributed by atoms with E-state index in [1.54, 1.807) is 41.3 Å². The molecular weight excluding hydrogens is 455 g/mol. The van der Waals surface area contributed by atoms with Crippen LogP contribution in [0.4, 0.5) is 10.1 Å². The van der Waals surface area contributed by atoms with E-state index in [1.807, 2.05) is 25.1 Å². The highest BCUT2D eigenvalue weighted by Gasteiger charge is 2.32.